The Balaban J connectivity index is 1.84. The molecule has 2 fully saturated rings. The highest BCUT2D eigenvalue weighted by Gasteiger charge is 2.46. The van der Waals surface area contributed by atoms with E-state index >= 15 is 0 Å². The number of carbonyl (C=O) groups excluding carboxylic acids is 2. The number of hydrogen-bond acceptors (Lipinski definition) is 3. The molecular weight excluding hydrogens is 412 g/mol. The molecular formula is C25H35ClN2O3. The van der Waals surface area contributed by atoms with Crippen molar-refractivity contribution < 1.29 is 14.3 Å². The highest BCUT2D eigenvalue weighted by molar-refractivity contribution is 6.30. The molecule has 170 valence electrons. The van der Waals surface area contributed by atoms with Crippen LogP contribution in [0.25, 0.3) is 6.08 Å². The molecule has 2 aliphatic rings. The number of hydrogen-bond donors (Lipinski definition) is 1. The molecule has 0 aromatic heterocycles. The molecule has 6 heteroatoms. The number of nitrogens with zero attached hydrogens (tertiary/aromatic N) is 1. The van der Waals surface area contributed by atoms with E-state index in [0.29, 0.717) is 23.2 Å². The SMILES string of the molecule is CCCCNC(=O)CN1C(=O)/C(=C\c2ccc(Cl)cc2)OC2CCC(C(C)(C)C)CC21. The maximum atomic E-state index is 13.4. The molecule has 5 nitrogen and oxygen atoms in total. The van der Waals surface area contributed by atoms with Crippen LogP contribution >= 0.6 is 11.6 Å². The first-order valence-electron chi connectivity index (χ1n) is 11.4. The maximum Gasteiger partial charge on any atom is 0.289 e. The maximum absolute atomic E-state index is 13.4. The lowest BCUT2D eigenvalue weighted by Crippen LogP contribution is -2.58. The number of benzene rings is 1. The summed E-state index contributed by atoms with van der Waals surface area (Å²) in [5.41, 5.74) is 1.00. The average molecular weight is 447 g/mol. The topological polar surface area (TPSA) is 58.6 Å². The molecule has 3 atom stereocenters. The first kappa shape index (κ1) is 23.6. The molecule has 3 unspecified atom stereocenters. The van der Waals surface area contributed by atoms with E-state index in [-0.39, 0.29) is 35.9 Å². The quantitative estimate of drug-likeness (QED) is 0.492. The van der Waals surface area contributed by atoms with Crippen LogP contribution in [-0.2, 0) is 14.3 Å². The molecule has 1 saturated heterocycles. The Morgan fingerprint density at radius 3 is 2.61 bits per heavy atom. The number of carbonyl (C=O) groups is 2. The molecule has 1 saturated carbocycles. The van der Waals surface area contributed by atoms with Crippen LogP contribution in [0.15, 0.2) is 30.0 Å². The van der Waals surface area contributed by atoms with E-state index in [1.165, 1.54) is 0 Å². The molecule has 1 aromatic rings. The molecule has 0 bridgehead atoms. The van der Waals surface area contributed by atoms with E-state index < -0.39 is 0 Å². The van der Waals surface area contributed by atoms with E-state index in [9.17, 15) is 9.59 Å². The summed E-state index contributed by atoms with van der Waals surface area (Å²) < 4.78 is 6.21. The van der Waals surface area contributed by atoms with Crippen molar-refractivity contribution in [2.75, 3.05) is 13.1 Å². The van der Waals surface area contributed by atoms with Crippen molar-refractivity contribution >= 4 is 29.5 Å². The van der Waals surface area contributed by atoms with Crippen molar-refractivity contribution in [3.63, 3.8) is 0 Å². The highest BCUT2D eigenvalue weighted by Crippen LogP contribution is 2.42. The number of halogens is 1. The lowest BCUT2D eigenvalue weighted by molar-refractivity contribution is -0.154. The first-order valence-corrected chi connectivity index (χ1v) is 11.8. The molecule has 3 rings (SSSR count). The molecule has 1 N–H and O–H groups in total. The normalized spacial score (nSPS) is 25.2. The number of nitrogens with one attached hydrogen (secondary N) is 1. The van der Waals surface area contributed by atoms with Crippen molar-refractivity contribution in [2.24, 2.45) is 11.3 Å². The summed E-state index contributed by atoms with van der Waals surface area (Å²) in [5, 5.41) is 3.59. The number of fused-ring (bicyclic) bond motifs is 1. The summed E-state index contributed by atoms with van der Waals surface area (Å²) in [7, 11) is 0. The lowest BCUT2D eigenvalue weighted by atomic mass is 9.69. The fourth-order valence-corrected chi connectivity index (χ4v) is 4.61. The second kappa shape index (κ2) is 10.1. The van der Waals surface area contributed by atoms with Crippen LogP contribution in [0.1, 0.15) is 65.4 Å². The fraction of sp³-hybridized carbons (Fsp3) is 0.600. The number of rotatable bonds is 6. The minimum Gasteiger partial charge on any atom is -0.482 e. The monoisotopic (exact) mass is 446 g/mol. The molecule has 2 amide bonds. The summed E-state index contributed by atoms with van der Waals surface area (Å²) in [4.78, 5) is 27.8. The summed E-state index contributed by atoms with van der Waals surface area (Å²) in [6.45, 7) is 9.54. The van der Waals surface area contributed by atoms with Gasteiger partial charge in [0.05, 0.1) is 6.04 Å². The summed E-state index contributed by atoms with van der Waals surface area (Å²) in [5.74, 6) is 0.472. The van der Waals surface area contributed by atoms with Gasteiger partial charge in [-0.1, -0.05) is 57.8 Å². The van der Waals surface area contributed by atoms with E-state index in [2.05, 4.69) is 33.0 Å². The predicted octanol–water partition coefficient (Wildman–Crippen LogP) is 5.04. The van der Waals surface area contributed by atoms with Gasteiger partial charge in [-0.05, 0) is 60.8 Å². The molecule has 0 spiro atoms. The van der Waals surface area contributed by atoms with Gasteiger partial charge in [-0.2, -0.15) is 0 Å². The Hall–Kier alpha value is -2.01. The molecule has 1 aliphatic carbocycles. The zero-order valence-corrected chi connectivity index (χ0v) is 19.9. The Kier molecular flexibility index (Phi) is 7.68. The zero-order valence-electron chi connectivity index (χ0n) is 19.1. The van der Waals surface area contributed by atoms with Gasteiger partial charge in [-0.3, -0.25) is 9.59 Å². The van der Waals surface area contributed by atoms with Gasteiger partial charge < -0.3 is 15.0 Å². The standard InChI is InChI=1S/C25H35ClN2O3/c1-5-6-13-27-23(29)16-28-20-15-18(25(2,3)4)9-12-21(20)31-22(24(28)30)14-17-7-10-19(26)11-8-17/h7-8,10-11,14,18,20-21H,5-6,9,12-13,15-16H2,1-4H3,(H,27,29)/b22-14+. The van der Waals surface area contributed by atoms with Crippen molar-refractivity contribution in [3.05, 3.63) is 40.6 Å². The van der Waals surface area contributed by atoms with Gasteiger partial charge in [-0.25, -0.2) is 0 Å². The minimum atomic E-state index is -0.212. The third-order valence-electron chi connectivity index (χ3n) is 6.46. The van der Waals surface area contributed by atoms with Crippen LogP contribution in [0.4, 0.5) is 0 Å². The third-order valence-corrected chi connectivity index (χ3v) is 6.72. The number of amides is 2. The largest absolute Gasteiger partial charge is 0.482 e. The van der Waals surface area contributed by atoms with Crippen molar-refractivity contribution in [2.45, 2.75) is 71.9 Å². The van der Waals surface area contributed by atoms with Crippen LogP contribution in [0.3, 0.4) is 0 Å². The first-order chi connectivity index (χ1) is 14.7. The number of ether oxygens (including phenoxy) is 1. The van der Waals surface area contributed by atoms with Crippen LogP contribution in [0, 0.1) is 11.3 Å². The van der Waals surface area contributed by atoms with E-state index in [4.69, 9.17) is 16.3 Å². The zero-order chi connectivity index (χ0) is 22.6. The highest BCUT2D eigenvalue weighted by atomic mass is 35.5. The van der Waals surface area contributed by atoms with Crippen LogP contribution < -0.4 is 5.32 Å². The van der Waals surface area contributed by atoms with Gasteiger partial charge in [0.2, 0.25) is 5.91 Å². The summed E-state index contributed by atoms with van der Waals surface area (Å²) >= 11 is 5.99. The van der Waals surface area contributed by atoms with Gasteiger partial charge in [0, 0.05) is 11.6 Å². The molecule has 31 heavy (non-hydrogen) atoms. The Labute approximate surface area is 191 Å². The van der Waals surface area contributed by atoms with E-state index in [0.717, 1.165) is 37.7 Å². The van der Waals surface area contributed by atoms with Gasteiger partial charge >= 0.3 is 0 Å². The van der Waals surface area contributed by atoms with E-state index in [1.807, 2.05) is 12.1 Å². The van der Waals surface area contributed by atoms with Gasteiger partial charge in [0.1, 0.15) is 12.6 Å². The lowest BCUT2D eigenvalue weighted by Gasteiger charge is -2.48. The summed E-state index contributed by atoms with van der Waals surface area (Å²) in [6.07, 6.45) is 6.42. The average Bonchev–Trinajstić information content (AvgIpc) is 2.72. The van der Waals surface area contributed by atoms with Gasteiger partial charge in [0.15, 0.2) is 5.76 Å². The molecule has 1 heterocycles. The minimum absolute atomic E-state index is 0.0713. The second-order valence-electron chi connectivity index (χ2n) is 9.80. The third kappa shape index (κ3) is 6.03. The molecule has 1 aliphatic heterocycles. The fourth-order valence-electron chi connectivity index (χ4n) is 4.49. The van der Waals surface area contributed by atoms with Crippen molar-refractivity contribution in [1.82, 2.24) is 10.2 Å². The van der Waals surface area contributed by atoms with Crippen molar-refractivity contribution in [3.8, 4) is 0 Å². The Morgan fingerprint density at radius 1 is 1.26 bits per heavy atom. The Bertz CT molecular complexity index is 813. The second-order valence-corrected chi connectivity index (χ2v) is 10.2. The number of morpholine rings is 1. The van der Waals surface area contributed by atoms with Gasteiger partial charge in [-0.15, -0.1) is 0 Å². The predicted molar refractivity (Wildman–Crippen MR) is 125 cm³/mol. The van der Waals surface area contributed by atoms with Gasteiger partial charge in [0.25, 0.3) is 5.91 Å². The molecule has 1 aromatic carbocycles. The van der Waals surface area contributed by atoms with E-state index in [1.54, 1.807) is 23.1 Å². The molecule has 0 radical (unpaired) electrons. The smallest absolute Gasteiger partial charge is 0.289 e. The van der Waals surface area contributed by atoms with Crippen LogP contribution in [-0.4, -0.2) is 41.9 Å². The van der Waals surface area contributed by atoms with Crippen LogP contribution in [0.5, 0.6) is 0 Å². The number of unbranched alkanes of at least 4 members (excludes halogenated alkanes) is 1. The van der Waals surface area contributed by atoms with Crippen LogP contribution in [0.2, 0.25) is 5.02 Å². The summed E-state index contributed by atoms with van der Waals surface area (Å²) in [6, 6.07) is 7.21. The Morgan fingerprint density at radius 2 is 1.97 bits per heavy atom. The van der Waals surface area contributed by atoms with Crippen molar-refractivity contribution in [1.29, 1.82) is 0 Å².